The highest BCUT2D eigenvalue weighted by Crippen LogP contribution is 2.40. The SMILES string of the molecule is CCC(C)(C)C(=O)CCCCC1CCSS1. The van der Waals surface area contributed by atoms with Gasteiger partial charge in [0.1, 0.15) is 5.78 Å². The quantitative estimate of drug-likeness (QED) is 0.487. The maximum absolute atomic E-state index is 11.9. The molecule has 0 spiro atoms. The molecule has 1 aliphatic rings. The van der Waals surface area contributed by atoms with Gasteiger partial charge in [0, 0.05) is 22.8 Å². The second-order valence-corrected chi connectivity index (χ2v) is 8.02. The smallest absolute Gasteiger partial charge is 0.138 e. The Hall–Kier alpha value is 0.370. The predicted octanol–water partition coefficient (Wildman–Crippen LogP) is 4.71. The van der Waals surface area contributed by atoms with E-state index in [2.05, 4.69) is 20.8 Å². The van der Waals surface area contributed by atoms with Crippen molar-refractivity contribution in [3.63, 3.8) is 0 Å². The molecule has 0 amide bonds. The van der Waals surface area contributed by atoms with Crippen molar-refractivity contribution in [3.8, 4) is 0 Å². The molecule has 1 atom stereocenters. The van der Waals surface area contributed by atoms with Crippen LogP contribution in [-0.2, 0) is 4.79 Å². The largest absolute Gasteiger partial charge is 0.299 e. The molecule has 0 aliphatic carbocycles. The summed E-state index contributed by atoms with van der Waals surface area (Å²) in [5, 5.41) is 0.860. The molecule has 1 aliphatic heterocycles. The van der Waals surface area contributed by atoms with Gasteiger partial charge in [-0.2, -0.15) is 0 Å². The maximum Gasteiger partial charge on any atom is 0.138 e. The van der Waals surface area contributed by atoms with Gasteiger partial charge < -0.3 is 0 Å². The minimum absolute atomic E-state index is 0.0992. The molecule has 0 saturated carbocycles. The molecule has 1 unspecified atom stereocenters. The fourth-order valence-corrected chi connectivity index (χ4v) is 4.79. The molecule has 0 aromatic carbocycles. The summed E-state index contributed by atoms with van der Waals surface area (Å²) in [7, 11) is 4.05. The minimum atomic E-state index is -0.0992. The van der Waals surface area contributed by atoms with Crippen molar-refractivity contribution in [1.29, 1.82) is 0 Å². The van der Waals surface area contributed by atoms with Crippen LogP contribution in [0.1, 0.15) is 59.3 Å². The fraction of sp³-hybridized carbons (Fsp3) is 0.923. The summed E-state index contributed by atoms with van der Waals surface area (Å²) in [6.07, 6.45) is 6.72. The number of unbranched alkanes of at least 4 members (excludes halogenated alkanes) is 1. The molecular formula is C13H24OS2. The highest BCUT2D eigenvalue weighted by Gasteiger charge is 2.24. The van der Waals surface area contributed by atoms with Crippen LogP contribution in [0.2, 0.25) is 0 Å². The van der Waals surface area contributed by atoms with Gasteiger partial charge >= 0.3 is 0 Å². The average Bonchev–Trinajstić information content (AvgIpc) is 2.76. The van der Waals surface area contributed by atoms with Crippen LogP contribution in [-0.4, -0.2) is 16.8 Å². The van der Waals surface area contributed by atoms with Gasteiger partial charge in [-0.25, -0.2) is 0 Å². The van der Waals surface area contributed by atoms with E-state index in [0.717, 1.165) is 24.5 Å². The lowest BCUT2D eigenvalue weighted by atomic mass is 9.83. The molecule has 0 aromatic heterocycles. The summed E-state index contributed by atoms with van der Waals surface area (Å²) in [5.74, 6) is 1.76. The van der Waals surface area contributed by atoms with E-state index in [-0.39, 0.29) is 5.41 Å². The van der Waals surface area contributed by atoms with Gasteiger partial charge in [0.05, 0.1) is 0 Å². The fourth-order valence-electron chi connectivity index (χ4n) is 1.76. The molecule has 1 rings (SSSR count). The summed E-state index contributed by atoms with van der Waals surface area (Å²) in [4.78, 5) is 11.9. The van der Waals surface area contributed by atoms with E-state index in [9.17, 15) is 4.79 Å². The Morgan fingerprint density at radius 2 is 2.12 bits per heavy atom. The van der Waals surface area contributed by atoms with Crippen molar-refractivity contribution < 1.29 is 4.79 Å². The Kier molecular flexibility index (Phi) is 6.27. The van der Waals surface area contributed by atoms with Crippen LogP contribution in [0.3, 0.4) is 0 Å². The van der Waals surface area contributed by atoms with Gasteiger partial charge in [-0.3, -0.25) is 4.79 Å². The van der Waals surface area contributed by atoms with Gasteiger partial charge in [-0.15, -0.1) is 0 Å². The van der Waals surface area contributed by atoms with Crippen LogP contribution in [0.25, 0.3) is 0 Å². The number of ketones is 1. The van der Waals surface area contributed by atoms with E-state index in [4.69, 9.17) is 0 Å². The monoisotopic (exact) mass is 260 g/mol. The number of carbonyl (C=O) groups excluding carboxylic acids is 1. The molecule has 94 valence electrons. The van der Waals surface area contributed by atoms with Crippen molar-refractivity contribution in [3.05, 3.63) is 0 Å². The molecule has 0 radical (unpaired) electrons. The first-order valence-corrected chi connectivity index (χ1v) is 8.76. The van der Waals surface area contributed by atoms with E-state index in [1.54, 1.807) is 0 Å². The topological polar surface area (TPSA) is 17.1 Å². The first-order chi connectivity index (χ1) is 7.56. The van der Waals surface area contributed by atoms with E-state index in [0.29, 0.717) is 5.78 Å². The molecule has 0 aromatic rings. The zero-order chi connectivity index (χ0) is 12.0. The van der Waals surface area contributed by atoms with Crippen molar-refractivity contribution in [2.75, 3.05) is 5.75 Å². The third-order valence-corrected chi connectivity index (χ3v) is 6.55. The molecule has 1 heterocycles. The molecule has 1 fully saturated rings. The zero-order valence-corrected chi connectivity index (χ0v) is 12.4. The number of hydrogen-bond donors (Lipinski definition) is 0. The summed E-state index contributed by atoms with van der Waals surface area (Å²) < 4.78 is 0. The Bertz CT molecular complexity index is 220. The van der Waals surface area contributed by atoms with E-state index >= 15 is 0 Å². The summed E-state index contributed by atoms with van der Waals surface area (Å²) in [6, 6.07) is 0. The van der Waals surface area contributed by atoms with E-state index < -0.39 is 0 Å². The van der Waals surface area contributed by atoms with Crippen molar-refractivity contribution >= 4 is 27.4 Å². The molecule has 3 heteroatoms. The van der Waals surface area contributed by atoms with E-state index in [1.165, 1.54) is 25.0 Å². The zero-order valence-electron chi connectivity index (χ0n) is 10.8. The number of rotatable bonds is 7. The highest BCUT2D eigenvalue weighted by atomic mass is 33.1. The van der Waals surface area contributed by atoms with Crippen LogP contribution in [0, 0.1) is 5.41 Å². The summed E-state index contributed by atoms with van der Waals surface area (Å²) in [6.45, 7) is 6.24. The first-order valence-electron chi connectivity index (χ1n) is 6.38. The first kappa shape index (κ1) is 14.4. The number of Topliss-reactive ketones (excluding diaryl/α,β-unsaturated/α-hetero) is 1. The van der Waals surface area contributed by atoms with Crippen molar-refractivity contribution in [2.45, 2.75) is 64.5 Å². The Balaban J connectivity index is 2.08. The van der Waals surface area contributed by atoms with Gasteiger partial charge in [0.25, 0.3) is 0 Å². The lowest BCUT2D eigenvalue weighted by Crippen LogP contribution is -2.22. The normalized spacial score (nSPS) is 21.3. The summed E-state index contributed by atoms with van der Waals surface area (Å²) >= 11 is 0. The Morgan fingerprint density at radius 3 is 2.69 bits per heavy atom. The third-order valence-electron chi connectivity index (χ3n) is 3.55. The van der Waals surface area contributed by atoms with Crippen molar-refractivity contribution in [2.24, 2.45) is 5.41 Å². The van der Waals surface area contributed by atoms with Crippen LogP contribution in [0.4, 0.5) is 0 Å². The number of hydrogen-bond acceptors (Lipinski definition) is 3. The Morgan fingerprint density at radius 1 is 1.38 bits per heavy atom. The minimum Gasteiger partial charge on any atom is -0.299 e. The van der Waals surface area contributed by atoms with Gasteiger partial charge in [0.2, 0.25) is 0 Å². The maximum atomic E-state index is 11.9. The molecule has 16 heavy (non-hydrogen) atoms. The van der Waals surface area contributed by atoms with Crippen LogP contribution < -0.4 is 0 Å². The predicted molar refractivity (Wildman–Crippen MR) is 76.0 cm³/mol. The van der Waals surface area contributed by atoms with Crippen LogP contribution in [0.5, 0.6) is 0 Å². The molecule has 1 saturated heterocycles. The highest BCUT2D eigenvalue weighted by molar-refractivity contribution is 8.77. The molecule has 0 bridgehead atoms. The summed E-state index contributed by atoms with van der Waals surface area (Å²) in [5.41, 5.74) is -0.0992. The van der Waals surface area contributed by atoms with E-state index in [1.807, 2.05) is 21.6 Å². The second kappa shape index (κ2) is 6.95. The van der Waals surface area contributed by atoms with Crippen molar-refractivity contribution in [1.82, 2.24) is 0 Å². The lowest BCUT2D eigenvalue weighted by molar-refractivity contribution is -0.127. The number of carbonyl (C=O) groups is 1. The molecular weight excluding hydrogens is 236 g/mol. The van der Waals surface area contributed by atoms with Gasteiger partial charge in [-0.05, 0) is 25.7 Å². The van der Waals surface area contributed by atoms with Gasteiger partial charge in [0.15, 0.2) is 0 Å². The van der Waals surface area contributed by atoms with Crippen LogP contribution in [0.15, 0.2) is 0 Å². The third kappa shape index (κ3) is 4.70. The standard InChI is InChI=1S/C13H24OS2/c1-4-13(2,3)12(14)8-6-5-7-11-9-10-15-16-11/h11H,4-10H2,1-3H3. The molecule has 0 N–H and O–H groups in total. The average molecular weight is 260 g/mol. The molecule has 1 nitrogen and oxygen atoms in total. The second-order valence-electron chi connectivity index (χ2n) is 5.24. The lowest BCUT2D eigenvalue weighted by Gasteiger charge is -2.20. The van der Waals surface area contributed by atoms with Gasteiger partial charge in [-0.1, -0.05) is 48.8 Å². The Labute approximate surface area is 108 Å². The van der Waals surface area contributed by atoms with Crippen LogP contribution >= 0.6 is 21.6 Å².